The van der Waals surface area contributed by atoms with Gasteiger partial charge >= 0.3 is 0 Å². The van der Waals surface area contributed by atoms with Crippen LogP contribution in [0.4, 0.5) is 17.1 Å². The monoisotopic (exact) mass is 319 g/mol. The Morgan fingerprint density at radius 1 is 1.23 bits per heavy atom. The van der Waals surface area contributed by atoms with Gasteiger partial charge in [0.25, 0.3) is 11.6 Å². The molecule has 1 N–H and O–H groups in total. The molecule has 0 spiro atoms. The topological polar surface area (TPSA) is 75.5 Å². The van der Waals surface area contributed by atoms with E-state index in [0.29, 0.717) is 16.4 Å². The average molecular weight is 320 g/mol. The van der Waals surface area contributed by atoms with Crippen molar-refractivity contribution in [1.29, 1.82) is 0 Å². The Morgan fingerprint density at radius 3 is 2.50 bits per heavy atom. The summed E-state index contributed by atoms with van der Waals surface area (Å²) in [6, 6.07) is 10.9. The second kappa shape index (κ2) is 6.44. The highest BCUT2D eigenvalue weighted by Crippen LogP contribution is 2.27. The van der Waals surface area contributed by atoms with E-state index >= 15 is 0 Å². The number of halogens is 1. The summed E-state index contributed by atoms with van der Waals surface area (Å²) in [4.78, 5) is 24.5. The molecule has 22 heavy (non-hydrogen) atoms. The van der Waals surface area contributed by atoms with Crippen LogP contribution in [0.1, 0.15) is 10.4 Å². The highest BCUT2D eigenvalue weighted by molar-refractivity contribution is 6.34. The van der Waals surface area contributed by atoms with Gasteiger partial charge in [0.05, 0.1) is 21.2 Å². The van der Waals surface area contributed by atoms with E-state index in [9.17, 15) is 14.9 Å². The minimum absolute atomic E-state index is 0.144. The Hall–Kier alpha value is -2.60. The summed E-state index contributed by atoms with van der Waals surface area (Å²) in [5, 5.41) is 14.0. The molecule has 2 aromatic carbocycles. The first-order chi connectivity index (χ1) is 10.4. The van der Waals surface area contributed by atoms with Gasteiger partial charge < -0.3 is 10.2 Å². The third-order valence-corrected chi connectivity index (χ3v) is 3.37. The number of benzene rings is 2. The van der Waals surface area contributed by atoms with Crippen molar-refractivity contribution < 1.29 is 9.72 Å². The van der Waals surface area contributed by atoms with E-state index in [-0.39, 0.29) is 11.3 Å². The average Bonchev–Trinajstić information content (AvgIpc) is 2.48. The van der Waals surface area contributed by atoms with E-state index in [1.54, 1.807) is 49.3 Å². The van der Waals surface area contributed by atoms with E-state index in [1.807, 2.05) is 0 Å². The minimum atomic E-state index is -0.536. The molecular formula is C15H14ClN3O3. The Morgan fingerprint density at radius 2 is 1.91 bits per heavy atom. The highest BCUT2D eigenvalue weighted by Gasteiger charge is 2.18. The van der Waals surface area contributed by atoms with Gasteiger partial charge in [-0.1, -0.05) is 23.7 Å². The molecule has 0 saturated carbocycles. The summed E-state index contributed by atoms with van der Waals surface area (Å²) in [6.45, 7) is 0. The first-order valence-electron chi connectivity index (χ1n) is 6.42. The molecule has 114 valence electrons. The number of rotatable bonds is 4. The lowest BCUT2D eigenvalue weighted by atomic mass is 10.1. The van der Waals surface area contributed by atoms with Crippen LogP contribution in [0.25, 0.3) is 0 Å². The van der Waals surface area contributed by atoms with Gasteiger partial charge in [0.1, 0.15) is 0 Å². The number of para-hydroxylation sites is 1. The summed E-state index contributed by atoms with van der Waals surface area (Å²) < 4.78 is 0. The Labute approximate surface area is 132 Å². The van der Waals surface area contributed by atoms with Gasteiger partial charge in [-0.05, 0) is 18.2 Å². The van der Waals surface area contributed by atoms with Crippen LogP contribution in [0.3, 0.4) is 0 Å². The highest BCUT2D eigenvalue weighted by atomic mass is 35.5. The molecule has 0 unspecified atom stereocenters. The molecule has 2 aromatic rings. The summed E-state index contributed by atoms with van der Waals surface area (Å²) in [5.41, 5.74) is 1.09. The van der Waals surface area contributed by atoms with E-state index in [2.05, 4.69) is 5.32 Å². The van der Waals surface area contributed by atoms with Crippen molar-refractivity contribution >= 4 is 34.6 Å². The smallest absolute Gasteiger partial charge is 0.270 e. The molecule has 0 bridgehead atoms. The number of carbonyl (C=O) groups excluding carboxylic acids is 1. The van der Waals surface area contributed by atoms with E-state index in [1.165, 1.54) is 12.1 Å². The summed E-state index contributed by atoms with van der Waals surface area (Å²) >= 11 is 6.01. The number of hydrogen-bond acceptors (Lipinski definition) is 4. The van der Waals surface area contributed by atoms with E-state index in [0.717, 1.165) is 0 Å². The lowest BCUT2D eigenvalue weighted by molar-refractivity contribution is -0.384. The van der Waals surface area contributed by atoms with Crippen LogP contribution in [-0.4, -0.2) is 24.9 Å². The molecule has 0 heterocycles. The maximum absolute atomic E-state index is 12.4. The lowest BCUT2D eigenvalue weighted by Crippen LogP contribution is -2.19. The largest absolute Gasteiger partial charge is 0.377 e. The summed E-state index contributed by atoms with van der Waals surface area (Å²) in [6.07, 6.45) is 0. The fourth-order valence-electron chi connectivity index (χ4n) is 1.96. The van der Waals surface area contributed by atoms with Crippen molar-refractivity contribution in [2.75, 3.05) is 24.3 Å². The normalized spacial score (nSPS) is 10.1. The van der Waals surface area contributed by atoms with Crippen molar-refractivity contribution in [3.8, 4) is 0 Å². The van der Waals surface area contributed by atoms with Crippen molar-refractivity contribution in [2.24, 2.45) is 0 Å². The number of nitro groups is 1. The molecular weight excluding hydrogens is 306 g/mol. The molecule has 1 amide bonds. The predicted molar refractivity (Wildman–Crippen MR) is 86.8 cm³/mol. The first kappa shape index (κ1) is 15.8. The number of non-ortho nitro benzene ring substituents is 1. The fourth-order valence-corrected chi connectivity index (χ4v) is 2.14. The van der Waals surface area contributed by atoms with Gasteiger partial charge in [-0.15, -0.1) is 0 Å². The number of anilines is 2. The van der Waals surface area contributed by atoms with Crippen LogP contribution in [0.15, 0.2) is 42.5 Å². The van der Waals surface area contributed by atoms with Crippen molar-refractivity contribution in [3.05, 3.63) is 63.2 Å². The number of amides is 1. The van der Waals surface area contributed by atoms with Crippen molar-refractivity contribution in [3.63, 3.8) is 0 Å². The standard InChI is InChI=1S/C15H14ClN3O3/c1-18(2)14-8-7-10(19(21)22)9-11(14)15(20)17-13-6-4-3-5-12(13)16/h3-9H,1-2H3,(H,17,20). The van der Waals surface area contributed by atoms with Gasteiger partial charge in [0, 0.05) is 31.9 Å². The number of hydrogen-bond donors (Lipinski definition) is 1. The molecule has 0 aliphatic heterocycles. The summed E-state index contributed by atoms with van der Waals surface area (Å²) in [5.74, 6) is -0.458. The van der Waals surface area contributed by atoms with Gasteiger partial charge in [0.2, 0.25) is 0 Å². The van der Waals surface area contributed by atoms with E-state index in [4.69, 9.17) is 11.6 Å². The van der Waals surface area contributed by atoms with Gasteiger partial charge in [-0.2, -0.15) is 0 Å². The Bertz CT molecular complexity index is 732. The minimum Gasteiger partial charge on any atom is -0.377 e. The van der Waals surface area contributed by atoms with Crippen molar-refractivity contribution in [1.82, 2.24) is 0 Å². The van der Waals surface area contributed by atoms with Crippen LogP contribution in [-0.2, 0) is 0 Å². The lowest BCUT2D eigenvalue weighted by Gasteiger charge is -2.17. The molecule has 0 fully saturated rings. The zero-order chi connectivity index (χ0) is 16.3. The predicted octanol–water partition coefficient (Wildman–Crippen LogP) is 3.57. The maximum atomic E-state index is 12.4. The van der Waals surface area contributed by atoms with Crippen LogP contribution < -0.4 is 10.2 Å². The zero-order valence-electron chi connectivity index (χ0n) is 12.0. The number of nitrogens with one attached hydrogen (secondary N) is 1. The SMILES string of the molecule is CN(C)c1ccc([N+](=O)[O-])cc1C(=O)Nc1ccccc1Cl. The van der Waals surface area contributed by atoms with Gasteiger partial charge in [-0.3, -0.25) is 14.9 Å². The third kappa shape index (κ3) is 3.35. The molecule has 6 nitrogen and oxygen atoms in total. The Kier molecular flexibility index (Phi) is 4.62. The van der Waals surface area contributed by atoms with E-state index < -0.39 is 10.8 Å². The molecule has 0 aromatic heterocycles. The molecule has 0 aliphatic carbocycles. The van der Waals surface area contributed by atoms with Gasteiger partial charge in [-0.25, -0.2) is 0 Å². The Balaban J connectivity index is 2.41. The molecule has 0 aliphatic rings. The molecule has 0 radical (unpaired) electrons. The first-order valence-corrected chi connectivity index (χ1v) is 6.79. The fraction of sp³-hybridized carbons (Fsp3) is 0.133. The molecule has 0 saturated heterocycles. The van der Waals surface area contributed by atoms with Gasteiger partial charge in [0.15, 0.2) is 0 Å². The third-order valence-electron chi connectivity index (χ3n) is 3.04. The molecule has 0 atom stereocenters. The van der Waals surface area contributed by atoms with Crippen LogP contribution in [0, 0.1) is 10.1 Å². The second-order valence-corrected chi connectivity index (χ2v) is 5.19. The van der Waals surface area contributed by atoms with Crippen LogP contribution in [0.5, 0.6) is 0 Å². The zero-order valence-corrected chi connectivity index (χ0v) is 12.8. The van der Waals surface area contributed by atoms with Crippen LogP contribution in [0.2, 0.25) is 5.02 Å². The molecule has 7 heteroatoms. The second-order valence-electron chi connectivity index (χ2n) is 4.79. The number of carbonyl (C=O) groups is 1. The molecule has 2 rings (SSSR count). The quantitative estimate of drug-likeness (QED) is 0.690. The van der Waals surface area contributed by atoms with Crippen LogP contribution >= 0.6 is 11.6 Å². The number of nitrogens with zero attached hydrogens (tertiary/aromatic N) is 2. The van der Waals surface area contributed by atoms with Crippen molar-refractivity contribution in [2.45, 2.75) is 0 Å². The summed E-state index contributed by atoms with van der Waals surface area (Å²) in [7, 11) is 3.51. The number of nitro benzene ring substituents is 1. The maximum Gasteiger partial charge on any atom is 0.270 e.